The largest absolute Gasteiger partial charge is 0.342 e. The summed E-state index contributed by atoms with van der Waals surface area (Å²) >= 11 is 3.16. The van der Waals surface area contributed by atoms with Crippen molar-refractivity contribution in [2.45, 2.75) is 59.2 Å². The molecule has 4 rings (SSSR count). The standard InChI is InChI=1S/C28H35FN4O2S2/c1-16-11-13-33(27(35)24(28(3,4)5)32-25(34)17(2)30-6)22(16)26-31-21(15-37-26)23-20(12-14-36-23)18-7-9-19(29)10-8-18/h7-10,12,14-17,22,24,30H,11,13H2,1-6H3,(H,32,34)/t16-,17-,22-,24+/m0/s1. The van der Waals surface area contributed by atoms with Crippen molar-refractivity contribution in [2.24, 2.45) is 11.3 Å². The zero-order valence-electron chi connectivity index (χ0n) is 22.2. The monoisotopic (exact) mass is 542 g/mol. The Labute approximate surface area is 226 Å². The van der Waals surface area contributed by atoms with E-state index in [1.807, 2.05) is 42.5 Å². The van der Waals surface area contributed by atoms with Crippen LogP contribution in [-0.4, -0.2) is 47.4 Å². The molecule has 1 aromatic carbocycles. The molecule has 198 valence electrons. The van der Waals surface area contributed by atoms with Gasteiger partial charge in [-0.3, -0.25) is 9.59 Å². The van der Waals surface area contributed by atoms with Gasteiger partial charge in [-0.05, 0) is 60.9 Å². The van der Waals surface area contributed by atoms with Crippen molar-refractivity contribution in [3.8, 4) is 21.7 Å². The van der Waals surface area contributed by atoms with Crippen LogP contribution in [0, 0.1) is 17.2 Å². The molecule has 2 amide bonds. The zero-order chi connectivity index (χ0) is 26.9. The lowest BCUT2D eigenvalue weighted by Gasteiger charge is -2.36. The Morgan fingerprint density at radius 1 is 1.16 bits per heavy atom. The fraction of sp³-hybridized carbons (Fsp3) is 0.464. The normalized spacial score (nSPS) is 19.6. The Morgan fingerprint density at radius 2 is 1.86 bits per heavy atom. The summed E-state index contributed by atoms with van der Waals surface area (Å²) in [5, 5.41) is 10.9. The van der Waals surface area contributed by atoms with Crippen LogP contribution in [0.5, 0.6) is 0 Å². The van der Waals surface area contributed by atoms with Gasteiger partial charge in [0.2, 0.25) is 11.8 Å². The molecule has 0 aliphatic carbocycles. The molecule has 0 radical (unpaired) electrons. The molecule has 6 nitrogen and oxygen atoms in total. The number of carbonyl (C=O) groups is 2. The van der Waals surface area contributed by atoms with Crippen LogP contribution in [0.2, 0.25) is 0 Å². The quantitative estimate of drug-likeness (QED) is 0.400. The first-order valence-electron chi connectivity index (χ1n) is 12.6. The van der Waals surface area contributed by atoms with Crippen LogP contribution >= 0.6 is 22.7 Å². The third-order valence-corrected chi connectivity index (χ3v) is 8.89. The van der Waals surface area contributed by atoms with E-state index in [2.05, 4.69) is 17.6 Å². The van der Waals surface area contributed by atoms with Gasteiger partial charge in [0.25, 0.3) is 0 Å². The van der Waals surface area contributed by atoms with E-state index in [1.165, 1.54) is 12.1 Å². The van der Waals surface area contributed by atoms with Crippen LogP contribution < -0.4 is 10.6 Å². The number of hydrogen-bond acceptors (Lipinski definition) is 6. The number of likely N-dealkylation sites (N-methyl/N-ethyl adjacent to an activating group) is 1. The number of likely N-dealkylation sites (tertiary alicyclic amines) is 1. The minimum absolute atomic E-state index is 0.0709. The van der Waals surface area contributed by atoms with E-state index >= 15 is 0 Å². The molecular weight excluding hydrogens is 507 g/mol. The van der Waals surface area contributed by atoms with E-state index in [0.29, 0.717) is 6.54 Å². The van der Waals surface area contributed by atoms with Gasteiger partial charge < -0.3 is 15.5 Å². The van der Waals surface area contributed by atoms with E-state index in [0.717, 1.165) is 33.1 Å². The Morgan fingerprint density at radius 3 is 2.51 bits per heavy atom. The minimum atomic E-state index is -0.648. The van der Waals surface area contributed by atoms with E-state index in [-0.39, 0.29) is 29.6 Å². The molecule has 1 aliphatic rings. The van der Waals surface area contributed by atoms with Crippen LogP contribution in [0.3, 0.4) is 0 Å². The molecular formula is C28H35FN4O2S2. The van der Waals surface area contributed by atoms with Gasteiger partial charge in [0.15, 0.2) is 0 Å². The molecule has 4 atom stereocenters. The van der Waals surface area contributed by atoms with Gasteiger partial charge in [-0.1, -0.05) is 39.8 Å². The van der Waals surface area contributed by atoms with Crippen LogP contribution in [0.25, 0.3) is 21.7 Å². The van der Waals surface area contributed by atoms with Crippen molar-refractivity contribution in [1.82, 2.24) is 20.5 Å². The predicted octanol–water partition coefficient (Wildman–Crippen LogP) is 5.73. The first-order valence-corrected chi connectivity index (χ1v) is 14.3. The third-order valence-electron chi connectivity index (χ3n) is 7.04. The maximum absolute atomic E-state index is 13.9. The second-order valence-corrected chi connectivity index (χ2v) is 12.6. The number of rotatable bonds is 7. The average molecular weight is 543 g/mol. The number of amides is 2. The molecule has 0 spiro atoms. The number of benzene rings is 1. The summed E-state index contributed by atoms with van der Waals surface area (Å²) in [5.74, 6) is -0.280. The summed E-state index contributed by atoms with van der Waals surface area (Å²) in [5.41, 5.74) is 2.37. The van der Waals surface area contributed by atoms with Gasteiger partial charge in [-0.2, -0.15) is 0 Å². The maximum atomic E-state index is 13.9. The topological polar surface area (TPSA) is 74.3 Å². The molecule has 3 heterocycles. The van der Waals surface area contributed by atoms with E-state index in [1.54, 1.807) is 48.8 Å². The number of aromatic nitrogens is 1. The number of hydrogen-bond donors (Lipinski definition) is 2. The lowest BCUT2D eigenvalue weighted by Crippen LogP contribution is -2.57. The zero-order valence-corrected chi connectivity index (χ0v) is 23.8. The van der Waals surface area contributed by atoms with E-state index in [9.17, 15) is 14.0 Å². The van der Waals surface area contributed by atoms with Crippen LogP contribution in [0.4, 0.5) is 4.39 Å². The highest BCUT2D eigenvalue weighted by Gasteiger charge is 2.43. The number of nitrogens with one attached hydrogen (secondary N) is 2. The summed E-state index contributed by atoms with van der Waals surface area (Å²) in [6.45, 7) is 10.5. The molecule has 1 saturated heterocycles. The Kier molecular flexibility index (Phi) is 8.16. The van der Waals surface area contributed by atoms with Crippen molar-refractivity contribution in [2.75, 3.05) is 13.6 Å². The fourth-order valence-corrected chi connectivity index (χ4v) is 6.68. The molecule has 9 heteroatoms. The van der Waals surface area contributed by atoms with Gasteiger partial charge in [-0.25, -0.2) is 9.37 Å². The molecule has 0 saturated carbocycles. The smallest absolute Gasteiger partial charge is 0.246 e. The molecule has 3 aromatic rings. The second kappa shape index (κ2) is 11.0. The van der Waals surface area contributed by atoms with Crippen molar-refractivity contribution in [3.63, 3.8) is 0 Å². The number of thiophene rings is 1. The van der Waals surface area contributed by atoms with E-state index < -0.39 is 17.5 Å². The van der Waals surface area contributed by atoms with Crippen molar-refractivity contribution in [1.29, 1.82) is 0 Å². The SMILES string of the molecule is CN[C@@H](C)C(=O)N[C@H](C(=O)N1CC[C@H](C)[C@H]1c1nc(-c2sccc2-c2ccc(F)cc2)cs1)C(C)(C)C. The van der Waals surface area contributed by atoms with Crippen LogP contribution in [0.15, 0.2) is 41.1 Å². The highest BCUT2D eigenvalue weighted by molar-refractivity contribution is 7.15. The van der Waals surface area contributed by atoms with Crippen molar-refractivity contribution >= 4 is 34.5 Å². The van der Waals surface area contributed by atoms with E-state index in [4.69, 9.17) is 4.98 Å². The Balaban J connectivity index is 1.61. The maximum Gasteiger partial charge on any atom is 0.246 e. The summed E-state index contributed by atoms with van der Waals surface area (Å²) in [6.07, 6.45) is 0.878. The number of carbonyl (C=O) groups excluding carboxylic acids is 2. The number of thiazole rings is 1. The van der Waals surface area contributed by atoms with Gasteiger partial charge in [-0.15, -0.1) is 22.7 Å². The van der Waals surface area contributed by atoms with Gasteiger partial charge in [0, 0.05) is 17.5 Å². The Hall–Kier alpha value is -2.62. The van der Waals surface area contributed by atoms with Crippen molar-refractivity contribution < 1.29 is 14.0 Å². The number of nitrogens with zero attached hydrogens (tertiary/aromatic N) is 2. The molecule has 2 aromatic heterocycles. The molecule has 0 unspecified atom stereocenters. The summed E-state index contributed by atoms with van der Waals surface area (Å²) < 4.78 is 13.5. The highest BCUT2D eigenvalue weighted by atomic mass is 32.1. The fourth-order valence-electron chi connectivity index (χ4n) is 4.68. The van der Waals surface area contributed by atoms with Gasteiger partial charge in [0.05, 0.1) is 22.7 Å². The number of halogens is 1. The summed E-state index contributed by atoms with van der Waals surface area (Å²) in [4.78, 5) is 34.5. The van der Waals surface area contributed by atoms with Crippen LogP contribution in [0.1, 0.15) is 52.1 Å². The predicted molar refractivity (Wildman–Crippen MR) is 149 cm³/mol. The summed E-state index contributed by atoms with van der Waals surface area (Å²) in [6, 6.07) is 7.34. The molecule has 2 N–H and O–H groups in total. The third kappa shape index (κ3) is 5.78. The highest BCUT2D eigenvalue weighted by Crippen LogP contribution is 2.43. The second-order valence-electron chi connectivity index (χ2n) is 10.8. The van der Waals surface area contributed by atoms with Crippen LogP contribution in [-0.2, 0) is 9.59 Å². The molecule has 1 aliphatic heterocycles. The minimum Gasteiger partial charge on any atom is -0.342 e. The molecule has 37 heavy (non-hydrogen) atoms. The molecule has 1 fully saturated rings. The Bertz CT molecular complexity index is 1250. The molecule has 0 bridgehead atoms. The van der Waals surface area contributed by atoms with Gasteiger partial charge in [0.1, 0.15) is 16.9 Å². The van der Waals surface area contributed by atoms with Crippen molar-refractivity contribution in [3.05, 3.63) is 51.9 Å². The van der Waals surface area contributed by atoms with Gasteiger partial charge >= 0.3 is 0 Å². The first-order chi connectivity index (χ1) is 17.5. The lowest BCUT2D eigenvalue weighted by molar-refractivity contribution is -0.141. The average Bonchev–Trinajstić information content (AvgIpc) is 3.60. The summed E-state index contributed by atoms with van der Waals surface area (Å²) in [7, 11) is 1.73. The first kappa shape index (κ1) is 27.4. The lowest BCUT2D eigenvalue weighted by atomic mass is 9.85.